The first kappa shape index (κ1) is 22.2. The topological polar surface area (TPSA) is 101 Å². The van der Waals surface area contributed by atoms with E-state index >= 15 is 0 Å². The predicted octanol–water partition coefficient (Wildman–Crippen LogP) is 3.53. The number of nitrogens with two attached hydrogens (primary N) is 1. The summed E-state index contributed by atoms with van der Waals surface area (Å²) in [5.74, 6) is 0.0796. The molecule has 0 heterocycles. The number of halogens is 1. The van der Waals surface area contributed by atoms with Gasteiger partial charge in [-0.2, -0.15) is 0 Å². The Kier molecular flexibility index (Phi) is 7.46. The van der Waals surface area contributed by atoms with Crippen molar-refractivity contribution < 1.29 is 13.2 Å². The molecule has 152 valence electrons. The van der Waals surface area contributed by atoms with Crippen LogP contribution in [0.3, 0.4) is 0 Å². The first-order chi connectivity index (χ1) is 12.9. The van der Waals surface area contributed by atoms with E-state index in [1.165, 1.54) is 12.1 Å². The van der Waals surface area contributed by atoms with Gasteiger partial charge < -0.3 is 11.1 Å². The first-order valence-electron chi connectivity index (χ1n) is 9.10. The Labute approximate surface area is 172 Å². The van der Waals surface area contributed by atoms with Gasteiger partial charge in [-0.1, -0.05) is 30.7 Å². The monoisotopic (exact) mass is 423 g/mol. The number of rotatable bonds is 6. The van der Waals surface area contributed by atoms with Crippen LogP contribution in [0.2, 0.25) is 0 Å². The fourth-order valence-electron chi connectivity index (χ4n) is 3.51. The maximum absolute atomic E-state index is 12.6. The standard InChI is InChI=1S/C20H25N3O3S.ClH/c1-14-10-11-16(22-20(24)18-9-5-6-15(18)13-21)12-19(14)23-27(25,26)17-7-3-2-4-8-17;/h2-4,7-8,10-12,15,18,23H,5-6,9,13,21H2,1H3,(H,22,24);1H/t15-,18-;/m1./s1. The van der Waals surface area contributed by atoms with Crippen LogP contribution in [0.5, 0.6) is 0 Å². The summed E-state index contributed by atoms with van der Waals surface area (Å²) in [6.45, 7) is 2.32. The zero-order chi connectivity index (χ0) is 19.4. The Hall–Kier alpha value is -2.09. The van der Waals surface area contributed by atoms with E-state index in [4.69, 9.17) is 5.73 Å². The number of carbonyl (C=O) groups excluding carboxylic acids is 1. The summed E-state index contributed by atoms with van der Waals surface area (Å²) in [6.07, 6.45) is 2.83. The van der Waals surface area contributed by atoms with Crippen molar-refractivity contribution >= 4 is 39.7 Å². The van der Waals surface area contributed by atoms with Gasteiger partial charge in [0.2, 0.25) is 5.91 Å². The summed E-state index contributed by atoms with van der Waals surface area (Å²) in [4.78, 5) is 12.8. The molecule has 2 atom stereocenters. The molecule has 0 radical (unpaired) electrons. The van der Waals surface area contributed by atoms with Crippen LogP contribution in [0, 0.1) is 18.8 Å². The number of amides is 1. The van der Waals surface area contributed by atoms with Gasteiger partial charge in [-0.3, -0.25) is 9.52 Å². The summed E-state index contributed by atoms with van der Waals surface area (Å²) in [5, 5.41) is 2.91. The molecule has 0 saturated heterocycles. The highest BCUT2D eigenvalue weighted by atomic mass is 35.5. The molecule has 1 amide bonds. The normalized spacial score (nSPS) is 18.9. The average Bonchev–Trinajstić information content (AvgIpc) is 3.14. The van der Waals surface area contributed by atoms with Crippen LogP contribution in [-0.2, 0) is 14.8 Å². The van der Waals surface area contributed by atoms with Crippen LogP contribution >= 0.6 is 12.4 Å². The third-order valence-corrected chi connectivity index (χ3v) is 6.48. The minimum absolute atomic E-state index is 0. The third kappa shape index (κ3) is 5.04. The molecule has 0 spiro atoms. The van der Waals surface area contributed by atoms with Crippen molar-refractivity contribution in [2.45, 2.75) is 31.1 Å². The highest BCUT2D eigenvalue weighted by Gasteiger charge is 2.32. The number of carbonyl (C=O) groups is 1. The lowest BCUT2D eigenvalue weighted by Gasteiger charge is -2.18. The molecule has 0 unspecified atom stereocenters. The van der Waals surface area contributed by atoms with E-state index < -0.39 is 10.0 Å². The van der Waals surface area contributed by atoms with Gasteiger partial charge in [0.15, 0.2) is 0 Å². The van der Waals surface area contributed by atoms with E-state index in [2.05, 4.69) is 10.0 Å². The van der Waals surface area contributed by atoms with Gasteiger partial charge in [-0.25, -0.2) is 8.42 Å². The minimum atomic E-state index is -3.69. The molecule has 1 saturated carbocycles. The Morgan fingerprint density at radius 3 is 2.54 bits per heavy atom. The molecule has 0 aliphatic heterocycles. The summed E-state index contributed by atoms with van der Waals surface area (Å²) in [6, 6.07) is 13.4. The van der Waals surface area contributed by atoms with Crippen LogP contribution in [0.4, 0.5) is 11.4 Å². The van der Waals surface area contributed by atoms with Crippen LogP contribution < -0.4 is 15.8 Å². The van der Waals surface area contributed by atoms with Gasteiger partial charge in [0.1, 0.15) is 0 Å². The van der Waals surface area contributed by atoms with Crippen molar-refractivity contribution in [3.63, 3.8) is 0 Å². The number of anilines is 2. The van der Waals surface area contributed by atoms with E-state index in [9.17, 15) is 13.2 Å². The van der Waals surface area contributed by atoms with Crippen molar-refractivity contribution in [3.8, 4) is 0 Å². The summed E-state index contributed by atoms with van der Waals surface area (Å²) >= 11 is 0. The molecule has 6 nitrogen and oxygen atoms in total. The van der Waals surface area contributed by atoms with Crippen LogP contribution in [-0.4, -0.2) is 20.9 Å². The maximum atomic E-state index is 12.6. The number of sulfonamides is 1. The van der Waals surface area contributed by atoms with E-state index in [0.717, 1.165) is 24.8 Å². The molecule has 1 aliphatic carbocycles. The number of hydrogen-bond donors (Lipinski definition) is 3. The average molecular weight is 424 g/mol. The van der Waals surface area contributed by atoms with Gasteiger partial charge in [0.05, 0.1) is 10.6 Å². The summed E-state index contributed by atoms with van der Waals surface area (Å²) < 4.78 is 27.7. The number of hydrogen-bond acceptors (Lipinski definition) is 4. The second-order valence-electron chi connectivity index (χ2n) is 6.97. The third-order valence-electron chi connectivity index (χ3n) is 5.10. The lowest BCUT2D eigenvalue weighted by Crippen LogP contribution is -2.29. The highest BCUT2D eigenvalue weighted by Crippen LogP contribution is 2.32. The zero-order valence-electron chi connectivity index (χ0n) is 15.7. The molecule has 1 fully saturated rings. The van der Waals surface area contributed by atoms with Crippen LogP contribution in [0.25, 0.3) is 0 Å². The maximum Gasteiger partial charge on any atom is 0.261 e. The zero-order valence-corrected chi connectivity index (χ0v) is 17.4. The molecular weight excluding hydrogens is 398 g/mol. The van der Waals surface area contributed by atoms with Crippen LogP contribution in [0.1, 0.15) is 24.8 Å². The van der Waals surface area contributed by atoms with Gasteiger partial charge >= 0.3 is 0 Å². The van der Waals surface area contributed by atoms with Crippen molar-refractivity contribution in [1.29, 1.82) is 0 Å². The number of benzene rings is 2. The van der Waals surface area contributed by atoms with Gasteiger partial charge in [0.25, 0.3) is 10.0 Å². The van der Waals surface area contributed by atoms with Gasteiger partial charge in [-0.05, 0) is 62.1 Å². The van der Waals surface area contributed by atoms with E-state index in [1.54, 1.807) is 36.4 Å². The lowest BCUT2D eigenvalue weighted by molar-refractivity contribution is -0.120. The second-order valence-corrected chi connectivity index (χ2v) is 8.65. The van der Waals surface area contributed by atoms with Crippen LogP contribution in [0.15, 0.2) is 53.4 Å². The van der Waals surface area contributed by atoms with Crippen molar-refractivity contribution in [3.05, 3.63) is 54.1 Å². The molecular formula is C20H26ClN3O3S. The molecule has 0 aromatic heterocycles. The molecule has 1 aliphatic rings. The van der Waals surface area contributed by atoms with E-state index in [1.807, 2.05) is 6.92 Å². The van der Waals surface area contributed by atoms with E-state index in [0.29, 0.717) is 17.9 Å². The number of nitrogens with one attached hydrogen (secondary N) is 2. The molecule has 8 heteroatoms. The Morgan fingerprint density at radius 2 is 1.86 bits per heavy atom. The fourth-order valence-corrected chi connectivity index (χ4v) is 4.65. The molecule has 0 bridgehead atoms. The first-order valence-corrected chi connectivity index (χ1v) is 10.6. The van der Waals surface area contributed by atoms with Gasteiger partial charge in [-0.15, -0.1) is 12.4 Å². The quantitative estimate of drug-likeness (QED) is 0.661. The molecule has 4 N–H and O–H groups in total. The smallest absolute Gasteiger partial charge is 0.261 e. The van der Waals surface area contributed by atoms with Crippen molar-refractivity contribution in [2.75, 3.05) is 16.6 Å². The second kappa shape index (κ2) is 9.41. The Morgan fingerprint density at radius 1 is 1.14 bits per heavy atom. The largest absolute Gasteiger partial charge is 0.330 e. The Balaban J connectivity index is 0.00000280. The summed E-state index contributed by atoms with van der Waals surface area (Å²) in [7, 11) is -3.69. The minimum Gasteiger partial charge on any atom is -0.330 e. The molecule has 2 aromatic rings. The summed E-state index contributed by atoms with van der Waals surface area (Å²) in [5.41, 5.74) is 7.55. The highest BCUT2D eigenvalue weighted by molar-refractivity contribution is 7.92. The predicted molar refractivity (Wildman–Crippen MR) is 114 cm³/mol. The lowest BCUT2D eigenvalue weighted by atomic mass is 9.95. The van der Waals surface area contributed by atoms with E-state index in [-0.39, 0.29) is 35.0 Å². The molecule has 3 rings (SSSR count). The molecule has 2 aromatic carbocycles. The fraction of sp³-hybridized carbons (Fsp3) is 0.350. The van der Waals surface area contributed by atoms with Crippen molar-refractivity contribution in [1.82, 2.24) is 0 Å². The van der Waals surface area contributed by atoms with Crippen molar-refractivity contribution in [2.24, 2.45) is 17.6 Å². The Bertz CT molecular complexity index is 920. The SMILES string of the molecule is Cc1ccc(NC(=O)[C@@H]2CCC[C@@H]2CN)cc1NS(=O)(=O)c1ccccc1.Cl. The number of aryl methyl sites for hydroxylation is 1. The van der Waals surface area contributed by atoms with Gasteiger partial charge in [0, 0.05) is 11.6 Å². The molecule has 28 heavy (non-hydrogen) atoms.